The van der Waals surface area contributed by atoms with Crippen molar-refractivity contribution < 1.29 is 0 Å². The summed E-state index contributed by atoms with van der Waals surface area (Å²) in [5.41, 5.74) is 13.3. The first kappa shape index (κ1) is 36.2. The zero-order chi connectivity index (χ0) is 43.7. The van der Waals surface area contributed by atoms with Gasteiger partial charge in [0, 0.05) is 54.8 Å². The molecule has 0 N–H and O–H groups in total. The molecule has 4 aromatic heterocycles. The first-order chi connectivity index (χ1) is 33.2. The molecule has 0 unspecified atom stereocenters. The fraction of sp³-hybridized carbons (Fsp3) is 0. The second-order valence-corrected chi connectivity index (χ2v) is 17.6. The van der Waals surface area contributed by atoms with Crippen LogP contribution < -0.4 is 0 Å². The molecular formula is C61H36N6. The van der Waals surface area contributed by atoms with Crippen LogP contribution in [-0.2, 0) is 0 Å². The van der Waals surface area contributed by atoms with E-state index < -0.39 is 0 Å². The maximum Gasteiger partial charge on any atom is 0.238 e. The van der Waals surface area contributed by atoms with Crippen LogP contribution in [0.15, 0.2) is 218 Å². The quantitative estimate of drug-likeness (QED) is 0.157. The van der Waals surface area contributed by atoms with Crippen LogP contribution in [0.4, 0.5) is 0 Å². The van der Waals surface area contributed by atoms with Crippen LogP contribution in [0.2, 0.25) is 0 Å². The van der Waals surface area contributed by atoms with Crippen molar-refractivity contribution in [2.24, 2.45) is 0 Å². The predicted molar refractivity (Wildman–Crippen MR) is 277 cm³/mol. The molecule has 0 saturated carbocycles. The average molecular weight is 853 g/mol. The summed E-state index contributed by atoms with van der Waals surface area (Å²) in [6, 6.07) is 78.6. The van der Waals surface area contributed by atoms with Crippen molar-refractivity contribution in [3.63, 3.8) is 0 Å². The van der Waals surface area contributed by atoms with Crippen LogP contribution in [0.25, 0.3) is 138 Å². The Morgan fingerprint density at radius 1 is 0.254 bits per heavy atom. The summed E-state index contributed by atoms with van der Waals surface area (Å²) < 4.78 is 7.12. The van der Waals surface area contributed by atoms with Gasteiger partial charge in [0.2, 0.25) is 5.95 Å². The van der Waals surface area contributed by atoms with Gasteiger partial charge in [-0.3, -0.25) is 4.57 Å². The number of hydrogen-bond donors (Lipinski definition) is 0. The first-order valence-electron chi connectivity index (χ1n) is 22.8. The van der Waals surface area contributed by atoms with Crippen LogP contribution in [0, 0.1) is 0 Å². The number of benzene rings is 11. The zero-order valence-electron chi connectivity index (χ0n) is 36.0. The molecule has 4 heterocycles. The molecule has 6 heteroatoms. The summed E-state index contributed by atoms with van der Waals surface area (Å²) in [4.78, 5) is 15.6. The van der Waals surface area contributed by atoms with Gasteiger partial charge in [-0.2, -0.15) is 9.97 Å². The van der Waals surface area contributed by atoms with Gasteiger partial charge in [-0.25, -0.2) is 4.98 Å². The van der Waals surface area contributed by atoms with E-state index in [-0.39, 0.29) is 0 Å². The van der Waals surface area contributed by atoms with Gasteiger partial charge in [0.1, 0.15) is 0 Å². The van der Waals surface area contributed by atoms with Gasteiger partial charge in [0.15, 0.2) is 11.6 Å². The Balaban J connectivity index is 0.989. The standard InChI is InChI=1S/C61H36N6/c1-4-14-39(15-5-1)59-62-60(40-16-6-2-7-17-40)64-61(63-59)67-52-25-13-19-38-27-29-42-33-44(35-54(67)58(42)56(38)52)43-32-41-28-26-37-18-12-24-51-55(37)57(41)53(34-43)66(51)46-30-31-50-48(36-46)47-22-10-11-23-49(47)65(50)45-20-8-3-9-21-45/h1-36H. The molecule has 0 aliphatic rings. The number of para-hydroxylation sites is 2. The van der Waals surface area contributed by atoms with E-state index in [4.69, 9.17) is 15.0 Å². The second kappa shape index (κ2) is 13.7. The van der Waals surface area contributed by atoms with Crippen LogP contribution in [0.1, 0.15) is 0 Å². The van der Waals surface area contributed by atoms with Crippen LogP contribution in [0.5, 0.6) is 0 Å². The summed E-state index contributed by atoms with van der Waals surface area (Å²) in [5.74, 6) is 1.85. The third-order valence-corrected chi connectivity index (χ3v) is 13.9. The van der Waals surface area contributed by atoms with Crippen molar-refractivity contribution in [3.8, 4) is 51.2 Å². The summed E-state index contributed by atoms with van der Waals surface area (Å²) in [6.45, 7) is 0. The lowest BCUT2D eigenvalue weighted by Gasteiger charge is -2.13. The van der Waals surface area contributed by atoms with E-state index >= 15 is 0 Å². The topological polar surface area (TPSA) is 53.5 Å². The fourth-order valence-corrected chi connectivity index (χ4v) is 11.1. The maximum absolute atomic E-state index is 5.26. The van der Waals surface area contributed by atoms with Crippen LogP contribution >= 0.6 is 0 Å². The second-order valence-electron chi connectivity index (χ2n) is 17.6. The molecule has 0 aliphatic carbocycles. The Bertz CT molecular complexity index is 4370. The molecule has 6 nitrogen and oxygen atoms in total. The Morgan fingerprint density at radius 2 is 0.731 bits per heavy atom. The van der Waals surface area contributed by atoms with Gasteiger partial charge in [-0.05, 0) is 105 Å². The van der Waals surface area contributed by atoms with E-state index in [2.05, 4.69) is 196 Å². The van der Waals surface area contributed by atoms with Crippen molar-refractivity contribution in [2.45, 2.75) is 0 Å². The van der Waals surface area contributed by atoms with Crippen LogP contribution in [-0.4, -0.2) is 28.7 Å². The van der Waals surface area contributed by atoms with Crippen molar-refractivity contribution >= 4 is 87.0 Å². The number of nitrogens with zero attached hydrogens (tertiary/aromatic N) is 6. The van der Waals surface area contributed by atoms with E-state index in [0.717, 1.165) is 44.7 Å². The largest absolute Gasteiger partial charge is 0.309 e. The molecule has 11 aromatic carbocycles. The van der Waals surface area contributed by atoms with E-state index in [9.17, 15) is 0 Å². The SMILES string of the molecule is c1ccc(-c2nc(-c3ccccc3)nc(-n3c4cccc5ccc6cc(-c7cc8ccc9cccc%10c9c8c(c7)n%10-c7ccc8c(c7)c7ccccc7n8-c7ccccc7)cc3c6c54)n2)cc1. The highest BCUT2D eigenvalue weighted by molar-refractivity contribution is 6.27. The Morgan fingerprint density at radius 3 is 1.36 bits per heavy atom. The number of fused-ring (bicyclic) bond motifs is 3. The molecule has 310 valence electrons. The van der Waals surface area contributed by atoms with Crippen molar-refractivity contribution in [1.29, 1.82) is 0 Å². The maximum atomic E-state index is 5.26. The van der Waals surface area contributed by atoms with Crippen molar-refractivity contribution in [1.82, 2.24) is 28.7 Å². The Hall–Kier alpha value is -9.13. The minimum absolute atomic E-state index is 0.583. The highest BCUT2D eigenvalue weighted by Crippen LogP contribution is 2.45. The number of hydrogen-bond acceptors (Lipinski definition) is 3. The zero-order valence-corrected chi connectivity index (χ0v) is 36.0. The number of aromatic nitrogens is 6. The van der Waals surface area contributed by atoms with Crippen LogP contribution in [0.3, 0.4) is 0 Å². The van der Waals surface area contributed by atoms with Crippen molar-refractivity contribution in [3.05, 3.63) is 218 Å². The fourth-order valence-electron chi connectivity index (χ4n) is 11.1. The molecule has 0 bridgehead atoms. The molecule has 0 spiro atoms. The molecule has 0 radical (unpaired) electrons. The Labute approximate surface area is 383 Å². The lowest BCUT2D eigenvalue weighted by atomic mass is 9.94. The number of rotatable bonds is 6. The molecule has 0 fully saturated rings. The highest BCUT2D eigenvalue weighted by Gasteiger charge is 2.24. The van der Waals surface area contributed by atoms with E-state index in [1.54, 1.807) is 0 Å². The minimum Gasteiger partial charge on any atom is -0.309 e. The molecule has 67 heavy (non-hydrogen) atoms. The normalized spacial score (nSPS) is 12.2. The van der Waals surface area contributed by atoms with Gasteiger partial charge in [0.05, 0.1) is 33.1 Å². The highest BCUT2D eigenvalue weighted by atomic mass is 15.2. The molecule has 0 saturated heterocycles. The molecule has 0 atom stereocenters. The van der Waals surface area contributed by atoms with Crippen molar-refractivity contribution in [2.75, 3.05) is 0 Å². The molecule has 0 amide bonds. The summed E-state index contributed by atoms with van der Waals surface area (Å²) in [7, 11) is 0. The summed E-state index contributed by atoms with van der Waals surface area (Å²) in [6.07, 6.45) is 0. The lowest BCUT2D eigenvalue weighted by molar-refractivity contribution is 0.954. The van der Waals surface area contributed by atoms with E-state index in [1.807, 2.05) is 36.4 Å². The molecule has 0 aliphatic heterocycles. The van der Waals surface area contributed by atoms with Gasteiger partial charge in [-0.1, -0.05) is 146 Å². The summed E-state index contributed by atoms with van der Waals surface area (Å²) in [5, 5.41) is 12.2. The van der Waals surface area contributed by atoms with Gasteiger partial charge >= 0.3 is 0 Å². The molecule has 15 aromatic rings. The average Bonchev–Trinajstić information content (AvgIpc) is 4.04. The molecular weight excluding hydrogens is 817 g/mol. The van der Waals surface area contributed by atoms with Gasteiger partial charge in [0.25, 0.3) is 0 Å². The Kier molecular flexibility index (Phi) is 7.40. The third kappa shape index (κ3) is 5.23. The monoisotopic (exact) mass is 852 g/mol. The first-order valence-corrected chi connectivity index (χ1v) is 22.8. The molecule has 15 rings (SSSR count). The van der Waals surface area contributed by atoms with E-state index in [0.29, 0.717) is 17.6 Å². The lowest BCUT2D eigenvalue weighted by Crippen LogP contribution is -2.06. The minimum atomic E-state index is 0.583. The summed E-state index contributed by atoms with van der Waals surface area (Å²) >= 11 is 0. The van der Waals surface area contributed by atoms with Gasteiger partial charge < -0.3 is 9.13 Å². The third-order valence-electron chi connectivity index (χ3n) is 13.9. The smallest absolute Gasteiger partial charge is 0.238 e. The predicted octanol–water partition coefficient (Wildman–Crippen LogP) is 15.3. The van der Waals surface area contributed by atoms with Gasteiger partial charge in [-0.15, -0.1) is 0 Å². The van der Waals surface area contributed by atoms with E-state index in [1.165, 1.54) is 75.9 Å².